The minimum absolute atomic E-state index is 0.367. The first-order valence-electron chi connectivity index (χ1n) is 6.89. The first kappa shape index (κ1) is 16.1. The summed E-state index contributed by atoms with van der Waals surface area (Å²) in [7, 11) is 1.93. The summed E-state index contributed by atoms with van der Waals surface area (Å²) in [5, 5.41) is 4.46. The van der Waals surface area contributed by atoms with Gasteiger partial charge >= 0.3 is 0 Å². The van der Waals surface area contributed by atoms with Crippen LogP contribution in [-0.2, 0) is 20.2 Å². The SMILES string of the molecule is CCCNCc1cc(Cl)cc(Cl)c1OCc1nccn1C. The predicted octanol–water partition coefficient (Wildman–Crippen LogP) is 3.81. The highest BCUT2D eigenvalue weighted by molar-refractivity contribution is 6.35. The third kappa shape index (κ3) is 4.37. The van der Waals surface area contributed by atoms with Crippen LogP contribution in [0.3, 0.4) is 0 Å². The molecule has 2 rings (SSSR count). The van der Waals surface area contributed by atoms with Crippen LogP contribution in [0, 0.1) is 0 Å². The van der Waals surface area contributed by atoms with E-state index in [1.807, 2.05) is 23.9 Å². The van der Waals surface area contributed by atoms with Crippen molar-refractivity contribution in [2.24, 2.45) is 7.05 Å². The molecule has 2 aromatic rings. The Morgan fingerprint density at radius 1 is 1.33 bits per heavy atom. The first-order chi connectivity index (χ1) is 10.1. The van der Waals surface area contributed by atoms with Crippen LogP contribution in [0.25, 0.3) is 0 Å². The van der Waals surface area contributed by atoms with Gasteiger partial charge in [0.15, 0.2) is 0 Å². The topological polar surface area (TPSA) is 39.1 Å². The number of nitrogens with zero attached hydrogens (tertiary/aromatic N) is 2. The van der Waals surface area contributed by atoms with Gasteiger partial charge < -0.3 is 14.6 Å². The quantitative estimate of drug-likeness (QED) is 0.786. The Morgan fingerprint density at radius 3 is 2.81 bits per heavy atom. The molecule has 0 aliphatic heterocycles. The Morgan fingerprint density at radius 2 is 2.14 bits per heavy atom. The van der Waals surface area contributed by atoms with Crippen molar-refractivity contribution in [2.75, 3.05) is 6.54 Å². The number of imidazole rings is 1. The van der Waals surface area contributed by atoms with Crippen LogP contribution in [0.5, 0.6) is 5.75 Å². The van der Waals surface area contributed by atoms with Crippen molar-refractivity contribution in [1.82, 2.24) is 14.9 Å². The molecule has 1 aromatic carbocycles. The lowest BCUT2D eigenvalue weighted by Gasteiger charge is -2.14. The van der Waals surface area contributed by atoms with E-state index in [0.717, 1.165) is 24.4 Å². The van der Waals surface area contributed by atoms with Gasteiger partial charge in [0, 0.05) is 36.6 Å². The van der Waals surface area contributed by atoms with E-state index in [1.165, 1.54) is 0 Å². The third-order valence-electron chi connectivity index (χ3n) is 3.09. The second kappa shape index (κ2) is 7.69. The van der Waals surface area contributed by atoms with Gasteiger partial charge in [0.2, 0.25) is 0 Å². The van der Waals surface area contributed by atoms with Crippen molar-refractivity contribution in [1.29, 1.82) is 0 Å². The number of rotatable bonds is 7. The van der Waals surface area contributed by atoms with E-state index in [-0.39, 0.29) is 0 Å². The number of nitrogens with one attached hydrogen (secondary N) is 1. The molecule has 1 aromatic heterocycles. The van der Waals surface area contributed by atoms with Crippen LogP contribution < -0.4 is 10.1 Å². The van der Waals surface area contributed by atoms with Crippen LogP contribution in [0.4, 0.5) is 0 Å². The van der Waals surface area contributed by atoms with E-state index in [4.69, 9.17) is 27.9 Å². The van der Waals surface area contributed by atoms with Crippen molar-refractivity contribution in [3.63, 3.8) is 0 Å². The second-order valence-electron chi connectivity index (χ2n) is 4.80. The monoisotopic (exact) mass is 327 g/mol. The molecule has 0 spiro atoms. The summed E-state index contributed by atoms with van der Waals surface area (Å²) in [4.78, 5) is 4.24. The van der Waals surface area contributed by atoms with Gasteiger partial charge in [0.25, 0.3) is 0 Å². The zero-order valence-electron chi connectivity index (χ0n) is 12.2. The number of ether oxygens (including phenoxy) is 1. The summed E-state index contributed by atoms with van der Waals surface area (Å²) >= 11 is 12.3. The maximum Gasteiger partial charge on any atom is 0.146 e. The van der Waals surface area contributed by atoms with Crippen molar-refractivity contribution >= 4 is 23.2 Å². The third-order valence-corrected chi connectivity index (χ3v) is 3.59. The molecule has 0 saturated carbocycles. The highest BCUT2D eigenvalue weighted by Gasteiger charge is 2.12. The van der Waals surface area contributed by atoms with E-state index in [2.05, 4.69) is 17.2 Å². The summed E-state index contributed by atoms with van der Waals surface area (Å²) < 4.78 is 7.78. The van der Waals surface area contributed by atoms with E-state index in [1.54, 1.807) is 12.3 Å². The lowest BCUT2D eigenvalue weighted by molar-refractivity contribution is 0.288. The Kier molecular flexibility index (Phi) is 5.91. The number of hydrogen-bond donors (Lipinski definition) is 1. The minimum atomic E-state index is 0.367. The van der Waals surface area contributed by atoms with Gasteiger partial charge in [-0.05, 0) is 25.1 Å². The molecule has 1 N–H and O–H groups in total. The standard InChI is InChI=1S/C15H19Cl2N3O/c1-3-4-18-9-11-7-12(16)8-13(17)15(11)21-10-14-19-5-6-20(14)2/h5-8,18H,3-4,9-10H2,1-2H3. The Labute approximate surface area is 135 Å². The van der Waals surface area contributed by atoms with Gasteiger partial charge in [0.1, 0.15) is 18.2 Å². The fourth-order valence-corrected chi connectivity index (χ4v) is 2.57. The maximum atomic E-state index is 6.26. The van der Waals surface area contributed by atoms with Crippen LogP contribution in [0.2, 0.25) is 10.0 Å². The van der Waals surface area contributed by atoms with Crippen molar-refractivity contribution in [2.45, 2.75) is 26.5 Å². The molecule has 0 aliphatic carbocycles. The number of aromatic nitrogens is 2. The summed E-state index contributed by atoms with van der Waals surface area (Å²) in [5.41, 5.74) is 0.954. The van der Waals surface area contributed by atoms with Crippen LogP contribution in [0.15, 0.2) is 24.5 Å². The molecule has 4 nitrogen and oxygen atoms in total. The lowest BCUT2D eigenvalue weighted by Crippen LogP contribution is -2.15. The summed E-state index contributed by atoms with van der Waals surface area (Å²) in [5.74, 6) is 1.50. The molecular formula is C15H19Cl2N3O. The zero-order chi connectivity index (χ0) is 15.2. The van der Waals surface area contributed by atoms with Gasteiger partial charge in [-0.25, -0.2) is 4.98 Å². The molecule has 0 amide bonds. The first-order valence-corrected chi connectivity index (χ1v) is 7.65. The molecule has 0 unspecified atom stereocenters. The lowest BCUT2D eigenvalue weighted by atomic mass is 10.2. The van der Waals surface area contributed by atoms with Crippen LogP contribution in [-0.4, -0.2) is 16.1 Å². The number of hydrogen-bond acceptors (Lipinski definition) is 3. The van der Waals surface area contributed by atoms with Crippen molar-refractivity contribution in [3.05, 3.63) is 46.0 Å². The molecule has 1 heterocycles. The highest BCUT2D eigenvalue weighted by Crippen LogP contribution is 2.33. The van der Waals surface area contributed by atoms with Crippen molar-refractivity contribution < 1.29 is 4.74 Å². The molecule has 0 radical (unpaired) electrons. The highest BCUT2D eigenvalue weighted by atomic mass is 35.5. The number of benzene rings is 1. The average molecular weight is 328 g/mol. The van der Waals surface area contributed by atoms with Gasteiger partial charge in [-0.2, -0.15) is 0 Å². The Bertz CT molecular complexity index is 599. The Hall–Kier alpha value is -1.23. The largest absolute Gasteiger partial charge is 0.484 e. The fraction of sp³-hybridized carbons (Fsp3) is 0.400. The van der Waals surface area contributed by atoms with Crippen LogP contribution >= 0.6 is 23.2 Å². The normalized spacial score (nSPS) is 10.9. The van der Waals surface area contributed by atoms with E-state index in [0.29, 0.717) is 28.9 Å². The smallest absolute Gasteiger partial charge is 0.146 e. The fourth-order valence-electron chi connectivity index (χ4n) is 1.98. The van der Waals surface area contributed by atoms with E-state index >= 15 is 0 Å². The zero-order valence-corrected chi connectivity index (χ0v) is 13.7. The van der Waals surface area contributed by atoms with Crippen molar-refractivity contribution in [3.8, 4) is 5.75 Å². The molecule has 0 bridgehead atoms. The molecular weight excluding hydrogens is 309 g/mol. The molecule has 6 heteroatoms. The summed E-state index contributed by atoms with van der Waals surface area (Å²) in [6.45, 7) is 4.09. The molecule has 0 saturated heterocycles. The molecule has 0 aliphatic rings. The molecule has 21 heavy (non-hydrogen) atoms. The average Bonchev–Trinajstić information content (AvgIpc) is 2.83. The second-order valence-corrected chi connectivity index (χ2v) is 5.64. The predicted molar refractivity (Wildman–Crippen MR) is 86.0 cm³/mol. The molecule has 0 atom stereocenters. The van der Waals surface area contributed by atoms with E-state index < -0.39 is 0 Å². The summed E-state index contributed by atoms with van der Waals surface area (Å²) in [6.07, 6.45) is 4.69. The number of halogens is 2. The Balaban J connectivity index is 2.14. The van der Waals surface area contributed by atoms with Gasteiger partial charge in [-0.1, -0.05) is 30.1 Å². The summed E-state index contributed by atoms with van der Waals surface area (Å²) in [6, 6.07) is 3.57. The van der Waals surface area contributed by atoms with E-state index in [9.17, 15) is 0 Å². The molecule has 0 fully saturated rings. The molecule has 114 valence electrons. The van der Waals surface area contributed by atoms with Gasteiger partial charge in [-0.3, -0.25) is 0 Å². The minimum Gasteiger partial charge on any atom is -0.484 e. The number of aryl methyl sites for hydroxylation is 1. The van der Waals surface area contributed by atoms with Gasteiger partial charge in [-0.15, -0.1) is 0 Å². The van der Waals surface area contributed by atoms with Crippen LogP contribution in [0.1, 0.15) is 24.7 Å². The maximum absolute atomic E-state index is 6.26. The van der Waals surface area contributed by atoms with Gasteiger partial charge in [0.05, 0.1) is 5.02 Å².